The topological polar surface area (TPSA) is 83.0 Å². The second-order valence-electron chi connectivity index (χ2n) is 3.67. The van der Waals surface area contributed by atoms with Crippen LogP contribution in [0.1, 0.15) is 19.5 Å². The first-order valence-electron chi connectivity index (χ1n) is 4.96. The van der Waals surface area contributed by atoms with Crippen LogP contribution in [0.2, 0.25) is 0 Å². The van der Waals surface area contributed by atoms with Crippen LogP contribution in [0.25, 0.3) is 0 Å². The van der Waals surface area contributed by atoms with Crippen molar-refractivity contribution in [1.82, 2.24) is 4.98 Å². The molecule has 0 aliphatic rings. The van der Waals surface area contributed by atoms with Gasteiger partial charge >= 0.3 is 0 Å². The van der Waals surface area contributed by atoms with Crippen molar-refractivity contribution in [3.63, 3.8) is 0 Å². The Labute approximate surface area is 94.5 Å². The summed E-state index contributed by atoms with van der Waals surface area (Å²) in [6.07, 6.45) is 1.55. The summed E-state index contributed by atoms with van der Waals surface area (Å²) >= 11 is 0. The molecule has 0 fully saturated rings. The van der Waals surface area contributed by atoms with Crippen LogP contribution in [0, 0.1) is 11.3 Å². The molecule has 0 aliphatic carbocycles. The maximum absolute atomic E-state index is 11.0. The molecule has 0 atom stereocenters. The number of nitriles is 1. The van der Waals surface area contributed by atoms with Crippen molar-refractivity contribution in [2.45, 2.75) is 19.9 Å². The van der Waals surface area contributed by atoms with Crippen molar-refractivity contribution in [3.8, 4) is 6.07 Å². The molecule has 1 heterocycles. The third-order valence-corrected chi connectivity index (χ3v) is 2.15. The Balaban J connectivity index is 3.11. The lowest BCUT2D eigenvalue weighted by atomic mass is 10.2. The molecule has 1 aromatic rings. The van der Waals surface area contributed by atoms with Gasteiger partial charge in [-0.2, -0.15) is 5.26 Å². The van der Waals surface area contributed by atoms with Gasteiger partial charge in [0.05, 0.1) is 12.2 Å². The molecular formula is C11H14N4O. The number of rotatable bonds is 4. The monoisotopic (exact) mass is 218 g/mol. The Bertz CT molecular complexity index is 422. The number of nitrogens with zero attached hydrogens (tertiary/aromatic N) is 3. The SMILES string of the molecule is CC(C)N(CC(N)=O)c1cccnc1C#N. The van der Waals surface area contributed by atoms with Crippen LogP contribution >= 0.6 is 0 Å². The van der Waals surface area contributed by atoms with Crippen molar-refractivity contribution in [2.75, 3.05) is 11.4 Å². The normalized spacial score (nSPS) is 9.88. The largest absolute Gasteiger partial charge is 0.368 e. The lowest BCUT2D eigenvalue weighted by Gasteiger charge is -2.27. The summed E-state index contributed by atoms with van der Waals surface area (Å²) < 4.78 is 0. The minimum atomic E-state index is -0.429. The number of nitrogens with two attached hydrogens (primary N) is 1. The zero-order chi connectivity index (χ0) is 12.1. The van der Waals surface area contributed by atoms with Crippen molar-refractivity contribution in [3.05, 3.63) is 24.0 Å². The number of pyridine rings is 1. The smallest absolute Gasteiger partial charge is 0.236 e. The van der Waals surface area contributed by atoms with Crippen molar-refractivity contribution in [1.29, 1.82) is 5.26 Å². The highest BCUT2D eigenvalue weighted by Crippen LogP contribution is 2.19. The number of hydrogen-bond acceptors (Lipinski definition) is 4. The predicted octanol–water partition coefficient (Wildman–Crippen LogP) is 0.653. The summed E-state index contributed by atoms with van der Waals surface area (Å²) in [5.41, 5.74) is 6.12. The Hall–Kier alpha value is -2.09. The van der Waals surface area contributed by atoms with Crippen LogP contribution in [-0.4, -0.2) is 23.5 Å². The van der Waals surface area contributed by atoms with Crippen LogP contribution in [0.3, 0.4) is 0 Å². The van der Waals surface area contributed by atoms with Crippen molar-refractivity contribution >= 4 is 11.6 Å². The first-order valence-corrected chi connectivity index (χ1v) is 4.96. The van der Waals surface area contributed by atoms with Crippen LogP contribution in [0.15, 0.2) is 18.3 Å². The van der Waals surface area contributed by atoms with E-state index in [-0.39, 0.29) is 12.6 Å². The molecule has 0 aromatic carbocycles. The molecule has 0 unspecified atom stereocenters. The minimum Gasteiger partial charge on any atom is -0.368 e. The molecular weight excluding hydrogens is 204 g/mol. The van der Waals surface area contributed by atoms with E-state index in [0.717, 1.165) is 0 Å². The van der Waals surface area contributed by atoms with Gasteiger partial charge in [0.15, 0.2) is 5.69 Å². The predicted molar refractivity (Wildman–Crippen MR) is 60.6 cm³/mol. The molecule has 84 valence electrons. The number of carbonyl (C=O) groups excluding carboxylic acids is 1. The molecule has 1 aromatic heterocycles. The van der Waals surface area contributed by atoms with Crippen LogP contribution < -0.4 is 10.6 Å². The van der Waals surface area contributed by atoms with Crippen LogP contribution in [-0.2, 0) is 4.79 Å². The minimum absolute atomic E-state index is 0.0730. The number of carbonyl (C=O) groups is 1. The van der Waals surface area contributed by atoms with Gasteiger partial charge < -0.3 is 10.6 Å². The first-order chi connectivity index (χ1) is 7.56. The Morgan fingerprint density at radius 2 is 2.38 bits per heavy atom. The van der Waals surface area contributed by atoms with Crippen LogP contribution in [0.5, 0.6) is 0 Å². The van der Waals surface area contributed by atoms with Gasteiger partial charge in [-0.05, 0) is 26.0 Å². The molecule has 0 saturated carbocycles. The van der Waals surface area contributed by atoms with Crippen molar-refractivity contribution < 1.29 is 4.79 Å². The maximum Gasteiger partial charge on any atom is 0.236 e. The lowest BCUT2D eigenvalue weighted by molar-refractivity contribution is -0.116. The number of primary amides is 1. The van der Waals surface area contributed by atoms with E-state index in [4.69, 9.17) is 11.0 Å². The second kappa shape index (κ2) is 5.12. The van der Waals surface area contributed by atoms with Gasteiger partial charge in [0.1, 0.15) is 6.07 Å². The summed E-state index contributed by atoms with van der Waals surface area (Å²) in [5, 5.41) is 8.93. The van der Waals surface area contributed by atoms with Gasteiger partial charge in [-0.3, -0.25) is 4.79 Å². The summed E-state index contributed by atoms with van der Waals surface area (Å²) in [6, 6.07) is 5.56. The molecule has 0 spiro atoms. The van der Waals surface area contributed by atoms with E-state index >= 15 is 0 Å². The average molecular weight is 218 g/mol. The Morgan fingerprint density at radius 3 is 2.88 bits per heavy atom. The van der Waals surface area contributed by atoms with Gasteiger partial charge in [-0.1, -0.05) is 0 Å². The highest BCUT2D eigenvalue weighted by atomic mass is 16.1. The molecule has 2 N–H and O–H groups in total. The van der Waals surface area contributed by atoms with E-state index in [1.54, 1.807) is 23.2 Å². The fraction of sp³-hybridized carbons (Fsp3) is 0.364. The van der Waals surface area contributed by atoms with E-state index in [1.807, 2.05) is 19.9 Å². The van der Waals surface area contributed by atoms with E-state index < -0.39 is 5.91 Å². The van der Waals surface area contributed by atoms with E-state index in [2.05, 4.69) is 4.98 Å². The van der Waals surface area contributed by atoms with Gasteiger partial charge in [-0.15, -0.1) is 0 Å². The van der Waals surface area contributed by atoms with Crippen LogP contribution in [0.4, 0.5) is 5.69 Å². The molecule has 0 saturated heterocycles. The second-order valence-corrected chi connectivity index (χ2v) is 3.67. The van der Waals surface area contributed by atoms with Crippen molar-refractivity contribution in [2.24, 2.45) is 5.73 Å². The third-order valence-electron chi connectivity index (χ3n) is 2.15. The lowest BCUT2D eigenvalue weighted by Crippen LogP contribution is -2.39. The number of hydrogen-bond donors (Lipinski definition) is 1. The fourth-order valence-electron chi connectivity index (χ4n) is 1.43. The zero-order valence-corrected chi connectivity index (χ0v) is 9.34. The van der Waals surface area contributed by atoms with Gasteiger partial charge in [0.25, 0.3) is 0 Å². The highest BCUT2D eigenvalue weighted by molar-refractivity contribution is 5.80. The van der Waals surface area contributed by atoms with Gasteiger partial charge in [-0.25, -0.2) is 4.98 Å². The maximum atomic E-state index is 11.0. The molecule has 16 heavy (non-hydrogen) atoms. The molecule has 1 amide bonds. The fourth-order valence-corrected chi connectivity index (χ4v) is 1.43. The first kappa shape index (κ1) is 12.0. The number of amides is 1. The van der Waals surface area contributed by atoms with E-state index in [0.29, 0.717) is 11.4 Å². The molecule has 0 bridgehead atoms. The molecule has 5 nitrogen and oxygen atoms in total. The van der Waals surface area contributed by atoms with E-state index in [9.17, 15) is 4.79 Å². The molecule has 0 aliphatic heterocycles. The van der Waals surface area contributed by atoms with Gasteiger partial charge in [0.2, 0.25) is 5.91 Å². The highest BCUT2D eigenvalue weighted by Gasteiger charge is 2.16. The van der Waals surface area contributed by atoms with Gasteiger partial charge in [0, 0.05) is 12.2 Å². The zero-order valence-electron chi connectivity index (χ0n) is 9.34. The summed E-state index contributed by atoms with van der Waals surface area (Å²) in [7, 11) is 0. The Morgan fingerprint density at radius 1 is 1.69 bits per heavy atom. The molecule has 5 heteroatoms. The van der Waals surface area contributed by atoms with E-state index in [1.165, 1.54) is 0 Å². The average Bonchev–Trinajstić information content (AvgIpc) is 2.25. The number of aromatic nitrogens is 1. The number of anilines is 1. The summed E-state index contributed by atoms with van der Waals surface area (Å²) in [5.74, 6) is -0.429. The standard InChI is InChI=1S/C11H14N4O/c1-8(2)15(7-11(13)16)10-4-3-5-14-9(10)6-12/h3-5,8H,7H2,1-2H3,(H2,13,16). The summed E-state index contributed by atoms with van der Waals surface area (Å²) in [4.78, 5) is 16.7. The Kier molecular flexibility index (Phi) is 3.84. The molecule has 0 radical (unpaired) electrons. The summed E-state index contributed by atoms with van der Waals surface area (Å²) in [6.45, 7) is 3.94. The quantitative estimate of drug-likeness (QED) is 0.804. The molecule has 1 rings (SSSR count). The third kappa shape index (κ3) is 2.70.